The smallest absolute Gasteiger partial charge is 0.475 e. The maximum Gasteiger partial charge on any atom is 0.490 e. The molecule has 1 amide bonds. The number of carboxylic acid groups (broad SMARTS) is 2. The minimum atomic E-state index is -5.08. The van der Waals surface area contributed by atoms with E-state index in [1.54, 1.807) is 7.05 Å². The molecule has 1 spiro atoms. The summed E-state index contributed by atoms with van der Waals surface area (Å²) in [5, 5.41) is 17.0. The van der Waals surface area contributed by atoms with Crippen LogP contribution in [0, 0.1) is 12.8 Å². The lowest BCUT2D eigenvalue weighted by Crippen LogP contribution is -2.72. The van der Waals surface area contributed by atoms with E-state index in [0.29, 0.717) is 6.61 Å². The van der Waals surface area contributed by atoms with Gasteiger partial charge >= 0.3 is 24.3 Å². The predicted molar refractivity (Wildman–Crippen MR) is 117 cm³/mol. The summed E-state index contributed by atoms with van der Waals surface area (Å²) in [7, 11) is 1.71. The number of halogens is 6. The molecule has 0 bridgehead atoms. The summed E-state index contributed by atoms with van der Waals surface area (Å²) in [5.41, 5.74) is -0.110. The number of carbonyl (C=O) groups excluding carboxylic acids is 1. The lowest BCUT2D eigenvalue weighted by atomic mass is 9.90. The number of aliphatic carboxylic acids is 2. The fourth-order valence-electron chi connectivity index (χ4n) is 3.98. The Bertz CT molecular complexity index is 947. The van der Waals surface area contributed by atoms with Crippen molar-refractivity contribution >= 4 is 17.8 Å². The molecular weight excluding hydrogens is 532 g/mol. The molecule has 38 heavy (non-hydrogen) atoms. The molecule has 1 atom stereocenters. The topological polar surface area (TPSA) is 133 Å². The second-order valence-corrected chi connectivity index (χ2v) is 9.26. The number of rotatable bonds is 5. The van der Waals surface area contributed by atoms with Gasteiger partial charge in [0, 0.05) is 33.2 Å². The molecule has 10 nitrogen and oxygen atoms in total. The van der Waals surface area contributed by atoms with E-state index in [4.69, 9.17) is 29.0 Å². The van der Waals surface area contributed by atoms with Crippen molar-refractivity contribution in [3.05, 3.63) is 23.7 Å². The van der Waals surface area contributed by atoms with E-state index in [1.807, 2.05) is 19.1 Å². The average molecular weight is 561 g/mol. The normalized spacial score (nSPS) is 21.3. The second-order valence-electron chi connectivity index (χ2n) is 9.26. The van der Waals surface area contributed by atoms with Gasteiger partial charge in [-0.1, -0.05) is 0 Å². The summed E-state index contributed by atoms with van der Waals surface area (Å²) < 4.78 is 75.3. The fourth-order valence-corrected chi connectivity index (χ4v) is 3.98. The van der Waals surface area contributed by atoms with Crippen molar-refractivity contribution in [3.8, 4) is 0 Å². The minimum Gasteiger partial charge on any atom is -0.475 e. The number of alkyl halides is 6. The van der Waals surface area contributed by atoms with E-state index >= 15 is 0 Å². The molecular formula is C22H29F6N3O7. The number of carbonyl (C=O) groups is 3. The van der Waals surface area contributed by atoms with Gasteiger partial charge in [0.2, 0.25) is 5.91 Å². The Kier molecular flexibility index (Phi) is 10.2. The van der Waals surface area contributed by atoms with Gasteiger partial charge < -0.3 is 24.7 Å². The number of amides is 1. The van der Waals surface area contributed by atoms with E-state index in [9.17, 15) is 31.1 Å². The summed E-state index contributed by atoms with van der Waals surface area (Å²) in [6.07, 6.45) is -7.57. The largest absolute Gasteiger partial charge is 0.490 e. The zero-order valence-corrected chi connectivity index (χ0v) is 20.6. The van der Waals surface area contributed by atoms with E-state index in [1.165, 1.54) is 12.8 Å². The highest BCUT2D eigenvalue weighted by atomic mass is 19.4. The lowest BCUT2D eigenvalue weighted by Gasteiger charge is -2.55. The molecule has 3 aliphatic rings. The van der Waals surface area contributed by atoms with Crippen molar-refractivity contribution in [2.24, 2.45) is 5.92 Å². The number of likely N-dealkylation sites (tertiary alicyclic amines) is 1. The van der Waals surface area contributed by atoms with Gasteiger partial charge in [0.1, 0.15) is 23.2 Å². The van der Waals surface area contributed by atoms with Crippen molar-refractivity contribution in [3.63, 3.8) is 0 Å². The standard InChI is InChI=1S/C18H27N3O3.2C2HF3O2/c1-13-3-6-15(24-13)8-20-10-18(11-20)12-21(7-14-4-5-14)16(9-23-18)17(22)19-2;2*3-2(4,5)1(6)7/h3,6,14,16H,4-5,7-12H2,1-2H3,(H,19,22);2*(H,6,7). The Labute approximate surface area is 213 Å². The lowest BCUT2D eigenvalue weighted by molar-refractivity contribution is -0.203. The average Bonchev–Trinajstić information content (AvgIpc) is 3.50. The zero-order valence-electron chi connectivity index (χ0n) is 20.6. The molecule has 3 heterocycles. The van der Waals surface area contributed by atoms with Crippen molar-refractivity contribution in [1.29, 1.82) is 0 Å². The van der Waals surface area contributed by atoms with Crippen LogP contribution in [0.3, 0.4) is 0 Å². The van der Waals surface area contributed by atoms with Gasteiger partial charge in [0.15, 0.2) is 0 Å². The Hall–Kier alpha value is -2.85. The van der Waals surface area contributed by atoms with Gasteiger partial charge in [-0.2, -0.15) is 26.3 Å². The summed E-state index contributed by atoms with van der Waals surface area (Å²) in [5.74, 6) is -2.70. The molecule has 1 aromatic rings. The van der Waals surface area contributed by atoms with Gasteiger partial charge in [0.05, 0.1) is 13.2 Å². The van der Waals surface area contributed by atoms with Crippen molar-refractivity contribution in [2.45, 2.75) is 50.3 Å². The number of likely N-dealkylation sites (N-methyl/N-ethyl adjacent to an activating group) is 1. The SMILES string of the molecule is CNC(=O)C1COC2(CN(Cc3ccc(C)o3)C2)CN1CC1CC1.O=C(O)C(F)(F)F.O=C(O)C(F)(F)F. The van der Waals surface area contributed by atoms with Crippen LogP contribution < -0.4 is 5.32 Å². The van der Waals surface area contributed by atoms with Gasteiger partial charge in [-0.15, -0.1) is 0 Å². The fraction of sp³-hybridized carbons (Fsp3) is 0.682. The first-order valence-electron chi connectivity index (χ1n) is 11.4. The molecule has 216 valence electrons. The highest BCUT2D eigenvalue weighted by Gasteiger charge is 2.51. The van der Waals surface area contributed by atoms with E-state index in [-0.39, 0.29) is 17.6 Å². The number of carboxylic acids is 2. The number of furan rings is 1. The molecule has 16 heteroatoms. The van der Waals surface area contributed by atoms with Gasteiger partial charge in [-0.3, -0.25) is 14.6 Å². The third-order valence-electron chi connectivity index (χ3n) is 5.90. The molecule has 3 N–H and O–H groups in total. The first kappa shape index (κ1) is 31.4. The number of ether oxygens (including phenoxy) is 1. The first-order chi connectivity index (χ1) is 17.5. The number of hydrogen-bond acceptors (Lipinski definition) is 7. The molecule has 2 saturated heterocycles. The number of morpholine rings is 1. The van der Waals surface area contributed by atoms with Crippen LogP contribution in [0.5, 0.6) is 0 Å². The monoisotopic (exact) mass is 561 g/mol. The van der Waals surface area contributed by atoms with Crippen LogP contribution in [0.1, 0.15) is 24.4 Å². The van der Waals surface area contributed by atoms with Gasteiger partial charge in [0.25, 0.3) is 0 Å². The van der Waals surface area contributed by atoms with E-state index in [0.717, 1.165) is 50.2 Å². The van der Waals surface area contributed by atoms with E-state index < -0.39 is 24.3 Å². The number of nitrogens with zero attached hydrogens (tertiary/aromatic N) is 2. The number of hydrogen-bond donors (Lipinski definition) is 3. The van der Waals surface area contributed by atoms with Crippen LogP contribution in [-0.4, -0.2) is 102 Å². The molecule has 0 aromatic carbocycles. The molecule has 1 unspecified atom stereocenters. The molecule has 0 radical (unpaired) electrons. The third kappa shape index (κ3) is 9.47. The Morgan fingerprint density at radius 3 is 1.95 bits per heavy atom. The van der Waals surface area contributed by atoms with E-state index in [2.05, 4.69) is 15.1 Å². The summed E-state index contributed by atoms with van der Waals surface area (Å²) in [6, 6.07) is 3.92. The number of nitrogens with one attached hydrogen (secondary N) is 1. The summed E-state index contributed by atoms with van der Waals surface area (Å²) in [6.45, 7) is 7.01. The zero-order chi connectivity index (χ0) is 28.9. The summed E-state index contributed by atoms with van der Waals surface area (Å²) >= 11 is 0. The quantitative estimate of drug-likeness (QED) is 0.463. The first-order valence-corrected chi connectivity index (χ1v) is 11.4. The van der Waals surface area contributed by atoms with Crippen molar-refractivity contribution < 1.29 is 60.1 Å². The molecule has 1 saturated carbocycles. The predicted octanol–water partition coefficient (Wildman–Crippen LogP) is 2.27. The van der Waals surface area contributed by atoms with Crippen LogP contribution in [0.25, 0.3) is 0 Å². The van der Waals surface area contributed by atoms with Crippen LogP contribution in [0.15, 0.2) is 16.5 Å². The molecule has 1 aromatic heterocycles. The molecule has 4 rings (SSSR count). The molecule has 2 aliphatic heterocycles. The highest BCUT2D eigenvalue weighted by Crippen LogP contribution is 2.36. The van der Waals surface area contributed by atoms with Gasteiger partial charge in [-0.05, 0) is 37.8 Å². The van der Waals surface area contributed by atoms with Crippen molar-refractivity contribution in [2.75, 3.05) is 39.8 Å². The Balaban J connectivity index is 0.000000301. The number of aryl methyl sites for hydroxylation is 1. The van der Waals surface area contributed by atoms with Crippen LogP contribution in [-0.2, 0) is 25.7 Å². The Morgan fingerprint density at radius 2 is 1.55 bits per heavy atom. The van der Waals surface area contributed by atoms with Gasteiger partial charge in [-0.25, -0.2) is 9.59 Å². The third-order valence-corrected chi connectivity index (χ3v) is 5.90. The highest BCUT2D eigenvalue weighted by molar-refractivity contribution is 5.81. The summed E-state index contributed by atoms with van der Waals surface area (Å²) in [4.78, 5) is 34.7. The van der Waals surface area contributed by atoms with Crippen LogP contribution in [0.4, 0.5) is 26.3 Å². The maximum atomic E-state index is 12.1. The van der Waals surface area contributed by atoms with Crippen LogP contribution >= 0.6 is 0 Å². The molecule has 1 aliphatic carbocycles. The minimum absolute atomic E-state index is 0.0766. The maximum absolute atomic E-state index is 12.1. The van der Waals surface area contributed by atoms with Crippen molar-refractivity contribution in [1.82, 2.24) is 15.1 Å². The second kappa shape index (κ2) is 12.3. The van der Waals surface area contributed by atoms with Crippen LogP contribution in [0.2, 0.25) is 0 Å². The Morgan fingerprint density at radius 1 is 1.03 bits per heavy atom. The molecule has 3 fully saturated rings.